The molecule has 33 heavy (non-hydrogen) atoms. The fourth-order valence-corrected chi connectivity index (χ4v) is 3.70. The zero-order chi connectivity index (χ0) is 23.4. The van der Waals surface area contributed by atoms with Crippen molar-refractivity contribution in [3.63, 3.8) is 0 Å². The lowest BCUT2D eigenvalue weighted by Gasteiger charge is -2.16. The van der Waals surface area contributed by atoms with E-state index < -0.39 is 5.91 Å². The fourth-order valence-electron chi connectivity index (χ4n) is 3.70. The highest BCUT2D eigenvalue weighted by molar-refractivity contribution is 6.36. The number of hydrogen-bond acceptors (Lipinski definition) is 5. The topological polar surface area (TPSA) is 67.9 Å². The Hall–Kier alpha value is -4.13. The highest BCUT2D eigenvalue weighted by atomic mass is 19.1. The van der Waals surface area contributed by atoms with Gasteiger partial charge in [-0.3, -0.25) is 14.5 Å². The van der Waals surface area contributed by atoms with E-state index >= 15 is 0 Å². The number of rotatable bonds is 8. The third-order valence-electron chi connectivity index (χ3n) is 5.44. The Morgan fingerprint density at radius 2 is 1.61 bits per heavy atom. The summed E-state index contributed by atoms with van der Waals surface area (Å²) in [6.07, 6.45) is 0.416. The molecule has 3 aromatic carbocycles. The average Bonchev–Trinajstić information content (AvgIpc) is 3.08. The number of anilines is 1. The number of imide groups is 1. The van der Waals surface area contributed by atoms with Gasteiger partial charge in [0.05, 0.1) is 25.5 Å². The standard InChI is InChI=1S/C26H23FN2O4/c1-32-20-12-13-21(22(16-20)33-2)28-24-23(18-6-4-3-5-7-18)25(30)29(26(24)31)15-14-17-8-10-19(27)11-9-17/h3-13,16,28H,14-15H2,1-2H3. The Morgan fingerprint density at radius 3 is 2.27 bits per heavy atom. The van der Waals surface area contributed by atoms with Gasteiger partial charge in [0.25, 0.3) is 11.8 Å². The minimum Gasteiger partial charge on any atom is -0.497 e. The van der Waals surface area contributed by atoms with Crippen LogP contribution in [0, 0.1) is 5.82 Å². The van der Waals surface area contributed by atoms with E-state index in [1.807, 2.05) is 18.2 Å². The molecule has 1 aliphatic heterocycles. The molecule has 0 spiro atoms. The zero-order valence-corrected chi connectivity index (χ0v) is 18.3. The van der Waals surface area contributed by atoms with Gasteiger partial charge in [-0.2, -0.15) is 0 Å². The first kappa shape index (κ1) is 22.1. The Morgan fingerprint density at radius 1 is 0.879 bits per heavy atom. The van der Waals surface area contributed by atoms with Crippen molar-refractivity contribution < 1.29 is 23.5 Å². The number of carbonyl (C=O) groups excluding carboxylic acids is 2. The second-order valence-corrected chi connectivity index (χ2v) is 7.45. The first-order valence-electron chi connectivity index (χ1n) is 10.4. The molecule has 1 heterocycles. The van der Waals surface area contributed by atoms with Gasteiger partial charge < -0.3 is 14.8 Å². The van der Waals surface area contributed by atoms with Crippen LogP contribution in [0.1, 0.15) is 11.1 Å². The molecule has 0 bridgehead atoms. The number of ether oxygens (including phenoxy) is 2. The van der Waals surface area contributed by atoms with Gasteiger partial charge in [-0.1, -0.05) is 42.5 Å². The lowest BCUT2D eigenvalue weighted by molar-refractivity contribution is -0.136. The zero-order valence-electron chi connectivity index (χ0n) is 18.3. The quantitative estimate of drug-likeness (QED) is 0.523. The normalized spacial score (nSPS) is 13.5. The summed E-state index contributed by atoms with van der Waals surface area (Å²) < 4.78 is 23.9. The molecule has 0 atom stereocenters. The monoisotopic (exact) mass is 446 g/mol. The Balaban J connectivity index is 1.67. The van der Waals surface area contributed by atoms with Gasteiger partial charge in [0.2, 0.25) is 0 Å². The number of carbonyl (C=O) groups is 2. The molecule has 0 saturated carbocycles. The predicted molar refractivity (Wildman–Crippen MR) is 123 cm³/mol. The number of hydrogen-bond donors (Lipinski definition) is 1. The van der Waals surface area contributed by atoms with Crippen LogP contribution in [0.2, 0.25) is 0 Å². The predicted octanol–water partition coefficient (Wildman–Crippen LogP) is 4.28. The number of nitrogens with zero attached hydrogens (tertiary/aromatic N) is 1. The van der Waals surface area contributed by atoms with Crippen LogP contribution in [-0.2, 0) is 16.0 Å². The van der Waals surface area contributed by atoms with Gasteiger partial charge in [-0.05, 0) is 41.8 Å². The lowest BCUT2D eigenvalue weighted by Crippen LogP contribution is -2.34. The molecule has 168 valence electrons. The van der Waals surface area contributed by atoms with E-state index in [9.17, 15) is 14.0 Å². The van der Waals surface area contributed by atoms with Crippen LogP contribution in [0.25, 0.3) is 5.57 Å². The van der Waals surface area contributed by atoms with Crippen LogP contribution in [0.5, 0.6) is 11.5 Å². The van der Waals surface area contributed by atoms with Crippen LogP contribution in [0.15, 0.2) is 78.5 Å². The van der Waals surface area contributed by atoms with Crippen LogP contribution in [0.3, 0.4) is 0 Å². The fraction of sp³-hybridized carbons (Fsp3) is 0.154. The van der Waals surface area contributed by atoms with Gasteiger partial charge in [-0.25, -0.2) is 4.39 Å². The molecule has 3 aromatic rings. The molecule has 6 nitrogen and oxygen atoms in total. The van der Waals surface area contributed by atoms with E-state index in [1.165, 1.54) is 24.1 Å². The molecule has 0 radical (unpaired) electrons. The molecule has 1 aliphatic rings. The van der Waals surface area contributed by atoms with Crippen molar-refractivity contribution in [1.82, 2.24) is 4.90 Å². The second-order valence-electron chi connectivity index (χ2n) is 7.45. The van der Waals surface area contributed by atoms with E-state index in [-0.39, 0.29) is 29.5 Å². The second kappa shape index (κ2) is 9.56. The molecular formula is C26H23FN2O4. The minimum absolute atomic E-state index is 0.171. The van der Waals surface area contributed by atoms with Gasteiger partial charge in [0, 0.05) is 12.6 Å². The van der Waals surface area contributed by atoms with E-state index in [0.717, 1.165) is 5.56 Å². The summed E-state index contributed by atoms with van der Waals surface area (Å²) in [5.41, 5.74) is 2.46. The maximum Gasteiger partial charge on any atom is 0.278 e. The lowest BCUT2D eigenvalue weighted by atomic mass is 10.0. The maximum absolute atomic E-state index is 13.4. The first-order chi connectivity index (χ1) is 16.0. The van der Waals surface area contributed by atoms with Crippen molar-refractivity contribution in [1.29, 1.82) is 0 Å². The minimum atomic E-state index is -0.432. The largest absolute Gasteiger partial charge is 0.497 e. The Kier molecular flexibility index (Phi) is 6.40. The molecule has 0 saturated heterocycles. The highest BCUT2D eigenvalue weighted by Crippen LogP contribution is 2.35. The third kappa shape index (κ3) is 4.57. The Bertz CT molecular complexity index is 1210. The third-order valence-corrected chi connectivity index (χ3v) is 5.44. The van der Waals surface area contributed by atoms with Crippen LogP contribution >= 0.6 is 0 Å². The number of halogens is 1. The van der Waals surface area contributed by atoms with Crippen LogP contribution < -0.4 is 14.8 Å². The summed E-state index contributed by atoms with van der Waals surface area (Å²) in [5.74, 6) is -0.0779. The smallest absolute Gasteiger partial charge is 0.278 e. The van der Waals surface area contributed by atoms with Crippen molar-refractivity contribution in [2.45, 2.75) is 6.42 Å². The van der Waals surface area contributed by atoms with Crippen molar-refractivity contribution in [3.05, 3.63) is 95.4 Å². The summed E-state index contributed by atoms with van der Waals surface area (Å²) in [7, 11) is 3.07. The van der Waals surface area contributed by atoms with Gasteiger partial charge >= 0.3 is 0 Å². The molecule has 1 N–H and O–H groups in total. The molecule has 0 aliphatic carbocycles. The summed E-state index contributed by atoms with van der Waals surface area (Å²) in [4.78, 5) is 27.9. The van der Waals surface area contributed by atoms with Crippen molar-refractivity contribution >= 4 is 23.1 Å². The highest BCUT2D eigenvalue weighted by Gasteiger charge is 2.39. The summed E-state index contributed by atoms with van der Waals surface area (Å²) in [5, 5.41) is 3.11. The van der Waals surface area contributed by atoms with Crippen molar-refractivity contribution in [2.24, 2.45) is 0 Å². The van der Waals surface area contributed by atoms with E-state index in [2.05, 4.69) is 5.32 Å². The maximum atomic E-state index is 13.4. The summed E-state index contributed by atoms with van der Waals surface area (Å²) in [6, 6.07) is 20.2. The molecule has 0 fully saturated rings. The molecule has 4 rings (SSSR count). The van der Waals surface area contributed by atoms with E-state index in [1.54, 1.807) is 49.6 Å². The van der Waals surface area contributed by atoms with E-state index in [0.29, 0.717) is 29.2 Å². The van der Waals surface area contributed by atoms with Gasteiger partial charge in [0.1, 0.15) is 23.0 Å². The van der Waals surface area contributed by atoms with Crippen molar-refractivity contribution in [2.75, 3.05) is 26.1 Å². The molecule has 7 heteroatoms. The molecule has 0 aromatic heterocycles. The van der Waals surface area contributed by atoms with Crippen LogP contribution in [0.4, 0.5) is 10.1 Å². The summed E-state index contributed by atoms with van der Waals surface area (Å²) in [6.45, 7) is 0.171. The SMILES string of the molecule is COc1ccc(NC2=C(c3ccccc3)C(=O)N(CCc3ccc(F)cc3)C2=O)c(OC)c1. The molecular weight excluding hydrogens is 423 g/mol. The van der Waals surface area contributed by atoms with Crippen molar-refractivity contribution in [3.8, 4) is 11.5 Å². The number of benzene rings is 3. The Labute approximate surface area is 191 Å². The first-order valence-corrected chi connectivity index (χ1v) is 10.4. The molecule has 2 amide bonds. The number of amides is 2. The number of methoxy groups -OCH3 is 2. The summed E-state index contributed by atoms with van der Waals surface area (Å²) >= 11 is 0. The van der Waals surface area contributed by atoms with E-state index in [4.69, 9.17) is 9.47 Å². The average molecular weight is 446 g/mol. The van der Waals surface area contributed by atoms with Gasteiger partial charge in [-0.15, -0.1) is 0 Å². The van der Waals surface area contributed by atoms with Gasteiger partial charge in [0.15, 0.2) is 0 Å². The molecule has 0 unspecified atom stereocenters. The van der Waals surface area contributed by atoms with Crippen LogP contribution in [-0.4, -0.2) is 37.5 Å². The number of nitrogens with one attached hydrogen (secondary N) is 1.